The van der Waals surface area contributed by atoms with Crippen molar-refractivity contribution in [3.63, 3.8) is 0 Å². The molecule has 11 rings (SSSR count). The maximum atomic E-state index is 6.94. The zero-order valence-electron chi connectivity index (χ0n) is 27.7. The lowest BCUT2D eigenvalue weighted by atomic mass is 9.82. The van der Waals surface area contributed by atoms with Crippen LogP contribution in [0, 0.1) is 0 Å². The second kappa shape index (κ2) is 9.87. The average Bonchev–Trinajstić information content (AvgIpc) is 3.81. The van der Waals surface area contributed by atoms with Crippen molar-refractivity contribution >= 4 is 82.5 Å². The van der Waals surface area contributed by atoms with E-state index in [2.05, 4.69) is 158 Å². The van der Waals surface area contributed by atoms with Gasteiger partial charge in [0.05, 0.1) is 16.5 Å². The molecule has 1 aliphatic rings. The Morgan fingerprint density at radius 2 is 1.10 bits per heavy atom. The van der Waals surface area contributed by atoms with E-state index < -0.39 is 0 Å². The molecule has 0 aliphatic heterocycles. The molecule has 0 N–H and O–H groups in total. The van der Waals surface area contributed by atoms with Crippen molar-refractivity contribution in [2.24, 2.45) is 0 Å². The lowest BCUT2D eigenvalue weighted by Gasteiger charge is -2.29. The van der Waals surface area contributed by atoms with Crippen LogP contribution in [0.2, 0.25) is 0 Å². The van der Waals surface area contributed by atoms with Gasteiger partial charge in [0, 0.05) is 32.9 Å². The molecule has 0 fully saturated rings. The number of nitrogens with zero attached hydrogens (tertiary/aromatic N) is 1. The minimum absolute atomic E-state index is 0.129. The van der Waals surface area contributed by atoms with E-state index in [1.807, 2.05) is 12.1 Å². The number of benzene rings is 8. The summed E-state index contributed by atoms with van der Waals surface area (Å²) in [5.41, 5.74) is 11.9. The van der Waals surface area contributed by atoms with Crippen LogP contribution in [-0.2, 0) is 5.41 Å². The molecule has 3 heteroatoms. The lowest BCUT2D eigenvalue weighted by Crippen LogP contribution is -2.16. The summed E-state index contributed by atoms with van der Waals surface area (Å²) in [7, 11) is 0. The Balaban J connectivity index is 1.26. The highest BCUT2D eigenvalue weighted by Crippen LogP contribution is 2.53. The molecule has 0 radical (unpaired) electrons. The molecule has 8 aromatic carbocycles. The van der Waals surface area contributed by atoms with Crippen LogP contribution in [-0.4, -0.2) is 0 Å². The maximum absolute atomic E-state index is 6.94. The monoisotopic (exact) mass is 641 g/mol. The highest BCUT2D eigenvalue weighted by molar-refractivity contribution is 6.35. The Morgan fingerprint density at radius 3 is 2.00 bits per heavy atom. The van der Waals surface area contributed by atoms with Crippen LogP contribution in [0.3, 0.4) is 0 Å². The van der Waals surface area contributed by atoms with Crippen molar-refractivity contribution < 1.29 is 8.83 Å². The maximum Gasteiger partial charge on any atom is 0.147 e. The summed E-state index contributed by atoms with van der Waals surface area (Å²) in [6.45, 7) is 4.69. The Labute approximate surface area is 288 Å². The Kier molecular flexibility index (Phi) is 5.45. The number of hydrogen-bond donors (Lipinski definition) is 0. The molecular formula is C47H31NO2. The number of para-hydroxylation sites is 1. The smallest absolute Gasteiger partial charge is 0.147 e. The fourth-order valence-corrected chi connectivity index (χ4v) is 8.68. The highest BCUT2D eigenvalue weighted by Gasteiger charge is 2.36. The average molecular weight is 642 g/mol. The normalized spacial score (nSPS) is 13.6. The van der Waals surface area contributed by atoms with Crippen LogP contribution in [0.15, 0.2) is 160 Å². The fourth-order valence-electron chi connectivity index (χ4n) is 8.68. The van der Waals surface area contributed by atoms with Crippen molar-refractivity contribution in [2.45, 2.75) is 19.3 Å². The summed E-state index contributed by atoms with van der Waals surface area (Å²) < 4.78 is 13.5. The number of furan rings is 2. The van der Waals surface area contributed by atoms with E-state index in [-0.39, 0.29) is 5.41 Å². The first-order valence-corrected chi connectivity index (χ1v) is 17.3. The van der Waals surface area contributed by atoms with E-state index >= 15 is 0 Å². The van der Waals surface area contributed by atoms with Gasteiger partial charge in [-0.25, -0.2) is 0 Å². The third-order valence-electron chi connectivity index (χ3n) is 11.0. The van der Waals surface area contributed by atoms with Gasteiger partial charge in [0.2, 0.25) is 0 Å². The van der Waals surface area contributed by atoms with E-state index in [1.165, 1.54) is 33.0 Å². The van der Waals surface area contributed by atoms with Crippen LogP contribution < -0.4 is 4.90 Å². The SMILES string of the molecule is CC1(C)c2ccccc2-c2ccc(N(c3ccc4ccccc4c3)c3cccc4oc5c6c7ccccc7oc6c6ccccc6c5c34)cc21. The Bertz CT molecular complexity index is 3030. The van der Waals surface area contributed by atoms with Gasteiger partial charge >= 0.3 is 0 Å². The molecule has 0 spiro atoms. The molecule has 1 aliphatic carbocycles. The number of anilines is 3. The van der Waals surface area contributed by atoms with Crippen LogP contribution in [0.4, 0.5) is 17.1 Å². The molecule has 0 bridgehead atoms. The molecule has 0 unspecified atom stereocenters. The van der Waals surface area contributed by atoms with Crippen molar-refractivity contribution in [2.75, 3.05) is 4.90 Å². The van der Waals surface area contributed by atoms with E-state index in [0.29, 0.717) is 0 Å². The summed E-state index contributed by atoms with van der Waals surface area (Å²) >= 11 is 0. The predicted molar refractivity (Wildman–Crippen MR) is 208 cm³/mol. The molecule has 3 nitrogen and oxygen atoms in total. The van der Waals surface area contributed by atoms with Crippen LogP contribution in [0.5, 0.6) is 0 Å². The van der Waals surface area contributed by atoms with Gasteiger partial charge in [-0.2, -0.15) is 0 Å². The molecular weight excluding hydrogens is 611 g/mol. The third kappa shape index (κ3) is 3.64. The second-order valence-corrected chi connectivity index (χ2v) is 14.1. The molecule has 2 heterocycles. The van der Waals surface area contributed by atoms with Crippen molar-refractivity contribution in [1.29, 1.82) is 0 Å². The summed E-state index contributed by atoms with van der Waals surface area (Å²) in [6.07, 6.45) is 0. The summed E-state index contributed by atoms with van der Waals surface area (Å²) in [4.78, 5) is 2.43. The van der Waals surface area contributed by atoms with Gasteiger partial charge in [-0.1, -0.05) is 123 Å². The second-order valence-electron chi connectivity index (χ2n) is 14.1. The van der Waals surface area contributed by atoms with E-state index in [1.54, 1.807) is 0 Å². The van der Waals surface area contributed by atoms with Gasteiger partial charge in [0.25, 0.3) is 0 Å². The first-order valence-electron chi connectivity index (χ1n) is 17.3. The standard InChI is InChI=1S/C47H31NO2/c1-47(2)37-18-9-7-14-32(37)33-25-24-31(27-38(33)47)48(30-23-22-28-12-3-4-13-29(28)26-30)39-19-11-21-41-44(39)42-34-15-5-6-16-35(34)45-43(46(42)50-41)36-17-8-10-20-40(36)49-45/h3-27H,1-2H3. The van der Waals surface area contributed by atoms with Crippen LogP contribution in [0.25, 0.3) is 76.5 Å². The number of hydrogen-bond acceptors (Lipinski definition) is 3. The quantitative estimate of drug-likeness (QED) is 0.192. The van der Waals surface area contributed by atoms with Gasteiger partial charge in [0.1, 0.15) is 22.3 Å². The first-order chi connectivity index (χ1) is 24.6. The van der Waals surface area contributed by atoms with E-state index in [9.17, 15) is 0 Å². The summed E-state index contributed by atoms with van der Waals surface area (Å²) in [5, 5.41) is 8.88. The predicted octanol–water partition coefficient (Wildman–Crippen LogP) is 13.6. The van der Waals surface area contributed by atoms with Crippen LogP contribution >= 0.6 is 0 Å². The number of fused-ring (bicyclic) bond motifs is 14. The topological polar surface area (TPSA) is 29.5 Å². The first kappa shape index (κ1) is 27.6. The van der Waals surface area contributed by atoms with Gasteiger partial charge in [-0.3, -0.25) is 0 Å². The zero-order valence-corrected chi connectivity index (χ0v) is 27.7. The van der Waals surface area contributed by atoms with Gasteiger partial charge < -0.3 is 13.7 Å². The Morgan fingerprint density at radius 1 is 0.440 bits per heavy atom. The molecule has 50 heavy (non-hydrogen) atoms. The molecule has 0 atom stereocenters. The van der Waals surface area contributed by atoms with Crippen molar-refractivity contribution in [3.05, 3.63) is 163 Å². The molecule has 0 saturated carbocycles. The van der Waals surface area contributed by atoms with Gasteiger partial charge in [-0.05, 0) is 80.9 Å². The largest absolute Gasteiger partial charge is 0.455 e. The highest BCUT2D eigenvalue weighted by atomic mass is 16.3. The summed E-state index contributed by atoms with van der Waals surface area (Å²) in [5.74, 6) is 0. The Hall–Kier alpha value is -6.32. The zero-order chi connectivity index (χ0) is 33.1. The minimum atomic E-state index is -0.129. The molecule has 0 saturated heterocycles. The van der Waals surface area contributed by atoms with Crippen LogP contribution in [0.1, 0.15) is 25.0 Å². The molecule has 0 amide bonds. The van der Waals surface area contributed by atoms with Gasteiger partial charge in [0.15, 0.2) is 0 Å². The van der Waals surface area contributed by atoms with Crippen molar-refractivity contribution in [1.82, 2.24) is 0 Å². The number of rotatable bonds is 3. The van der Waals surface area contributed by atoms with Crippen molar-refractivity contribution in [3.8, 4) is 11.1 Å². The van der Waals surface area contributed by atoms with E-state index in [4.69, 9.17) is 8.83 Å². The minimum Gasteiger partial charge on any atom is -0.455 e. The summed E-state index contributed by atoms with van der Waals surface area (Å²) in [6, 6.07) is 54.5. The van der Waals surface area contributed by atoms with Gasteiger partial charge in [-0.15, -0.1) is 0 Å². The molecule has 2 aromatic heterocycles. The van der Waals surface area contributed by atoms with E-state index in [0.717, 1.165) is 71.7 Å². The lowest BCUT2D eigenvalue weighted by molar-refractivity contribution is 0.660. The third-order valence-corrected chi connectivity index (χ3v) is 11.0. The fraction of sp³-hybridized carbons (Fsp3) is 0.0638. The molecule has 236 valence electrons. The molecule has 10 aromatic rings.